The lowest BCUT2D eigenvalue weighted by Gasteiger charge is -2.10. The molecule has 5 nitrogen and oxygen atoms in total. The Balaban J connectivity index is 1.55. The third-order valence-corrected chi connectivity index (χ3v) is 4.92. The van der Waals surface area contributed by atoms with Gasteiger partial charge in [-0.25, -0.2) is 0 Å². The summed E-state index contributed by atoms with van der Waals surface area (Å²) in [6, 6.07) is 15.2. The number of rotatable bonds is 6. The van der Waals surface area contributed by atoms with Gasteiger partial charge in [0.2, 0.25) is 11.8 Å². The molecule has 26 heavy (non-hydrogen) atoms. The number of carbonyl (C=O) groups is 1. The standard InChI is InChI=1S/C19H18ClN3O2S/c1-12-3-7-15(8-4-12)18-22-23-19(25-18)26-13(2)17(24)21-11-14-5-9-16(20)10-6-14/h3-10,13H,11H2,1-2H3,(H,21,24). The maximum atomic E-state index is 12.3. The summed E-state index contributed by atoms with van der Waals surface area (Å²) >= 11 is 7.09. The van der Waals surface area contributed by atoms with Crippen molar-refractivity contribution in [2.75, 3.05) is 0 Å². The van der Waals surface area contributed by atoms with Crippen molar-refractivity contribution >= 4 is 29.3 Å². The van der Waals surface area contributed by atoms with Gasteiger partial charge in [-0.15, -0.1) is 10.2 Å². The van der Waals surface area contributed by atoms with Crippen molar-refractivity contribution in [1.29, 1.82) is 0 Å². The van der Waals surface area contributed by atoms with Crippen LogP contribution >= 0.6 is 23.4 Å². The van der Waals surface area contributed by atoms with Gasteiger partial charge >= 0.3 is 0 Å². The highest BCUT2D eigenvalue weighted by Gasteiger charge is 2.18. The molecular weight excluding hydrogens is 370 g/mol. The molecule has 1 N–H and O–H groups in total. The van der Waals surface area contributed by atoms with Crippen LogP contribution in [0.25, 0.3) is 11.5 Å². The molecule has 0 spiro atoms. The minimum atomic E-state index is -0.353. The average molecular weight is 388 g/mol. The van der Waals surface area contributed by atoms with E-state index in [1.807, 2.05) is 43.3 Å². The lowest BCUT2D eigenvalue weighted by Crippen LogP contribution is -2.30. The van der Waals surface area contributed by atoms with Crippen LogP contribution in [0.3, 0.4) is 0 Å². The molecule has 1 aromatic heterocycles. The van der Waals surface area contributed by atoms with E-state index in [0.717, 1.165) is 16.7 Å². The van der Waals surface area contributed by atoms with E-state index in [4.69, 9.17) is 16.0 Å². The van der Waals surface area contributed by atoms with E-state index in [1.165, 1.54) is 11.8 Å². The maximum Gasteiger partial charge on any atom is 0.277 e. The third kappa shape index (κ3) is 4.86. The van der Waals surface area contributed by atoms with Gasteiger partial charge in [-0.05, 0) is 43.7 Å². The molecule has 1 unspecified atom stereocenters. The Labute approximate surface area is 161 Å². The number of carbonyl (C=O) groups excluding carboxylic acids is 1. The number of benzene rings is 2. The topological polar surface area (TPSA) is 68.0 Å². The first kappa shape index (κ1) is 18.5. The molecule has 1 heterocycles. The zero-order valence-corrected chi connectivity index (χ0v) is 16.0. The van der Waals surface area contributed by atoms with E-state index in [-0.39, 0.29) is 11.2 Å². The second-order valence-corrected chi connectivity index (χ2v) is 7.57. The highest BCUT2D eigenvalue weighted by molar-refractivity contribution is 8.00. The van der Waals surface area contributed by atoms with Gasteiger partial charge in [0.25, 0.3) is 5.22 Å². The number of thioether (sulfide) groups is 1. The number of nitrogens with zero attached hydrogens (tertiary/aromatic N) is 2. The number of nitrogens with one attached hydrogen (secondary N) is 1. The fourth-order valence-electron chi connectivity index (χ4n) is 2.21. The number of hydrogen-bond donors (Lipinski definition) is 1. The summed E-state index contributed by atoms with van der Waals surface area (Å²) in [4.78, 5) is 12.3. The SMILES string of the molecule is Cc1ccc(-c2nnc(SC(C)C(=O)NCc3ccc(Cl)cc3)o2)cc1. The average Bonchev–Trinajstić information content (AvgIpc) is 3.10. The van der Waals surface area contributed by atoms with Crippen molar-refractivity contribution in [2.24, 2.45) is 0 Å². The quantitative estimate of drug-likeness (QED) is 0.631. The van der Waals surface area contributed by atoms with Gasteiger partial charge in [-0.1, -0.05) is 53.2 Å². The van der Waals surface area contributed by atoms with Gasteiger partial charge in [0.05, 0.1) is 5.25 Å². The summed E-state index contributed by atoms with van der Waals surface area (Å²) in [7, 11) is 0. The second kappa shape index (κ2) is 8.38. The predicted octanol–water partition coefficient (Wildman–Crippen LogP) is 4.50. The molecule has 3 aromatic rings. The number of hydrogen-bond acceptors (Lipinski definition) is 5. The van der Waals surface area contributed by atoms with Crippen molar-refractivity contribution in [2.45, 2.75) is 30.9 Å². The highest BCUT2D eigenvalue weighted by Crippen LogP contribution is 2.26. The zero-order chi connectivity index (χ0) is 18.5. The molecule has 134 valence electrons. The fourth-order valence-corrected chi connectivity index (χ4v) is 3.04. The Bertz CT molecular complexity index is 879. The summed E-state index contributed by atoms with van der Waals surface area (Å²) in [6.07, 6.45) is 0. The maximum absolute atomic E-state index is 12.3. The molecule has 2 aromatic carbocycles. The predicted molar refractivity (Wildman–Crippen MR) is 103 cm³/mol. The van der Waals surface area contributed by atoms with E-state index in [1.54, 1.807) is 19.1 Å². The summed E-state index contributed by atoms with van der Waals surface area (Å²) in [6.45, 7) is 4.26. The van der Waals surface area contributed by atoms with E-state index in [0.29, 0.717) is 22.7 Å². The molecule has 0 radical (unpaired) electrons. The van der Waals surface area contributed by atoms with Gasteiger partial charge < -0.3 is 9.73 Å². The first-order valence-corrected chi connectivity index (χ1v) is 9.36. The molecule has 0 bridgehead atoms. The van der Waals surface area contributed by atoms with Gasteiger partial charge in [0.1, 0.15) is 0 Å². The van der Waals surface area contributed by atoms with E-state index >= 15 is 0 Å². The lowest BCUT2D eigenvalue weighted by molar-refractivity contribution is -0.120. The van der Waals surface area contributed by atoms with Gasteiger partial charge in [-0.3, -0.25) is 4.79 Å². The van der Waals surface area contributed by atoms with Crippen LogP contribution in [0.1, 0.15) is 18.1 Å². The Morgan fingerprint density at radius 3 is 2.54 bits per heavy atom. The van der Waals surface area contributed by atoms with Crippen molar-refractivity contribution in [3.05, 3.63) is 64.7 Å². The molecule has 0 saturated heterocycles. The second-order valence-electron chi connectivity index (χ2n) is 5.84. The summed E-state index contributed by atoms with van der Waals surface area (Å²) in [5, 5.41) is 11.6. The Morgan fingerprint density at radius 1 is 1.15 bits per heavy atom. The van der Waals surface area contributed by atoms with Crippen LogP contribution in [-0.2, 0) is 11.3 Å². The molecule has 3 rings (SSSR count). The van der Waals surface area contributed by atoms with Crippen molar-refractivity contribution in [3.63, 3.8) is 0 Å². The van der Waals surface area contributed by atoms with Crippen LogP contribution in [0.5, 0.6) is 0 Å². The molecule has 7 heteroatoms. The van der Waals surface area contributed by atoms with Crippen LogP contribution in [-0.4, -0.2) is 21.4 Å². The van der Waals surface area contributed by atoms with Gasteiger partial charge in [0.15, 0.2) is 0 Å². The smallest absolute Gasteiger partial charge is 0.277 e. The third-order valence-electron chi connectivity index (χ3n) is 3.73. The van der Waals surface area contributed by atoms with Crippen LogP contribution < -0.4 is 5.32 Å². The van der Waals surface area contributed by atoms with Crippen LogP contribution in [0, 0.1) is 6.92 Å². The number of amides is 1. The summed E-state index contributed by atoms with van der Waals surface area (Å²) in [5.74, 6) is 0.348. The molecule has 0 saturated carbocycles. The first-order chi connectivity index (χ1) is 12.5. The van der Waals surface area contributed by atoms with E-state index < -0.39 is 0 Å². The minimum Gasteiger partial charge on any atom is -0.411 e. The van der Waals surface area contributed by atoms with Gasteiger partial charge in [0, 0.05) is 17.1 Å². The van der Waals surface area contributed by atoms with Crippen molar-refractivity contribution in [1.82, 2.24) is 15.5 Å². The Kier molecular flexibility index (Phi) is 5.96. The summed E-state index contributed by atoms with van der Waals surface area (Å²) < 4.78 is 5.65. The normalized spacial score (nSPS) is 12.0. The molecule has 0 aliphatic carbocycles. The van der Waals surface area contributed by atoms with Crippen LogP contribution in [0.4, 0.5) is 0 Å². The van der Waals surface area contributed by atoms with Crippen molar-refractivity contribution in [3.8, 4) is 11.5 Å². The van der Waals surface area contributed by atoms with Gasteiger partial charge in [-0.2, -0.15) is 0 Å². The van der Waals surface area contributed by atoms with E-state index in [9.17, 15) is 4.79 Å². The largest absolute Gasteiger partial charge is 0.411 e. The monoisotopic (exact) mass is 387 g/mol. The molecule has 1 atom stereocenters. The zero-order valence-electron chi connectivity index (χ0n) is 14.4. The van der Waals surface area contributed by atoms with Crippen LogP contribution in [0.2, 0.25) is 5.02 Å². The highest BCUT2D eigenvalue weighted by atomic mass is 35.5. The van der Waals surface area contributed by atoms with Crippen molar-refractivity contribution < 1.29 is 9.21 Å². The van der Waals surface area contributed by atoms with Crippen LogP contribution in [0.15, 0.2) is 58.2 Å². The molecule has 1 amide bonds. The minimum absolute atomic E-state index is 0.0972. The first-order valence-electron chi connectivity index (χ1n) is 8.10. The number of aromatic nitrogens is 2. The molecule has 0 aliphatic rings. The molecule has 0 aliphatic heterocycles. The fraction of sp³-hybridized carbons (Fsp3) is 0.211. The number of halogens is 1. The molecular formula is C19H18ClN3O2S. The Morgan fingerprint density at radius 2 is 1.85 bits per heavy atom. The number of aryl methyl sites for hydroxylation is 1. The summed E-state index contributed by atoms with van der Waals surface area (Å²) in [5.41, 5.74) is 3.00. The van der Waals surface area contributed by atoms with E-state index in [2.05, 4.69) is 15.5 Å². The lowest BCUT2D eigenvalue weighted by atomic mass is 10.1. The molecule has 0 fully saturated rings. The Hall–Kier alpha value is -2.31.